The molecule has 1 N–H and O–H groups in total. The van der Waals surface area contributed by atoms with Crippen molar-refractivity contribution in [3.05, 3.63) is 55.8 Å². The zero-order valence-corrected chi connectivity index (χ0v) is 13.9. The number of nitrogens with one attached hydrogen (secondary N) is 1. The van der Waals surface area contributed by atoms with Crippen molar-refractivity contribution in [2.75, 3.05) is 6.54 Å². The van der Waals surface area contributed by atoms with Crippen LogP contribution in [0.25, 0.3) is 0 Å². The van der Waals surface area contributed by atoms with Gasteiger partial charge in [-0.15, -0.1) is 11.3 Å². The molecule has 2 aromatic rings. The van der Waals surface area contributed by atoms with Crippen molar-refractivity contribution >= 4 is 39.8 Å². The van der Waals surface area contributed by atoms with E-state index >= 15 is 0 Å². The standard InChI is InChI=1S/C15H16INOS/c1-15(2,12-6-4-3-5-7-12)10-17-14(18)11-8-13(16)19-9-11/h3-9H,10H2,1-2H3,(H,17,18). The number of rotatable bonds is 4. The number of benzene rings is 1. The van der Waals surface area contributed by atoms with Crippen molar-refractivity contribution in [3.8, 4) is 0 Å². The van der Waals surface area contributed by atoms with Crippen LogP contribution in [0.2, 0.25) is 0 Å². The van der Waals surface area contributed by atoms with E-state index in [9.17, 15) is 4.79 Å². The first-order chi connectivity index (χ1) is 8.99. The van der Waals surface area contributed by atoms with Gasteiger partial charge in [0.25, 0.3) is 5.91 Å². The minimum absolute atomic E-state index is 0.00294. The number of halogens is 1. The summed E-state index contributed by atoms with van der Waals surface area (Å²) in [7, 11) is 0. The Morgan fingerprint density at radius 2 is 2.00 bits per heavy atom. The van der Waals surface area contributed by atoms with Gasteiger partial charge >= 0.3 is 0 Å². The Balaban J connectivity index is 2.00. The molecule has 0 aliphatic carbocycles. The van der Waals surface area contributed by atoms with Gasteiger partial charge in [-0.2, -0.15) is 0 Å². The molecule has 1 aromatic carbocycles. The first-order valence-corrected chi connectivity index (χ1v) is 8.03. The fraction of sp³-hybridized carbons (Fsp3) is 0.267. The molecule has 0 aliphatic heterocycles. The molecular weight excluding hydrogens is 369 g/mol. The number of thiophene rings is 1. The average molecular weight is 385 g/mol. The summed E-state index contributed by atoms with van der Waals surface area (Å²) in [5, 5.41) is 4.91. The third-order valence-electron chi connectivity index (χ3n) is 3.08. The van der Waals surface area contributed by atoms with Gasteiger partial charge < -0.3 is 5.32 Å². The molecule has 0 radical (unpaired) electrons. The molecule has 100 valence electrons. The predicted molar refractivity (Wildman–Crippen MR) is 88.8 cm³/mol. The van der Waals surface area contributed by atoms with Crippen molar-refractivity contribution < 1.29 is 4.79 Å². The van der Waals surface area contributed by atoms with Crippen molar-refractivity contribution in [1.82, 2.24) is 5.32 Å². The lowest BCUT2D eigenvalue weighted by Crippen LogP contribution is -2.36. The molecule has 0 fully saturated rings. The van der Waals surface area contributed by atoms with Crippen LogP contribution in [0.15, 0.2) is 41.8 Å². The molecule has 1 heterocycles. The Bertz CT molecular complexity index is 563. The van der Waals surface area contributed by atoms with Gasteiger partial charge in [-0.25, -0.2) is 0 Å². The normalized spacial score (nSPS) is 11.3. The lowest BCUT2D eigenvalue weighted by Gasteiger charge is -2.25. The van der Waals surface area contributed by atoms with Crippen LogP contribution in [0.5, 0.6) is 0 Å². The fourth-order valence-corrected chi connectivity index (χ4v) is 3.15. The molecular formula is C15H16INOS. The molecule has 2 rings (SSSR count). The Morgan fingerprint density at radius 1 is 1.32 bits per heavy atom. The predicted octanol–water partition coefficient (Wildman–Crippen LogP) is 4.06. The molecule has 0 spiro atoms. The maximum Gasteiger partial charge on any atom is 0.252 e. The smallest absolute Gasteiger partial charge is 0.252 e. The summed E-state index contributed by atoms with van der Waals surface area (Å²) in [5.41, 5.74) is 1.91. The van der Waals surface area contributed by atoms with E-state index in [4.69, 9.17) is 0 Å². The molecule has 1 aromatic heterocycles. The van der Waals surface area contributed by atoms with Gasteiger partial charge in [-0.1, -0.05) is 44.2 Å². The highest BCUT2D eigenvalue weighted by Gasteiger charge is 2.21. The molecule has 0 saturated heterocycles. The molecule has 0 bridgehead atoms. The number of amides is 1. The van der Waals surface area contributed by atoms with Crippen LogP contribution < -0.4 is 5.32 Å². The van der Waals surface area contributed by atoms with Crippen molar-refractivity contribution in [2.24, 2.45) is 0 Å². The molecule has 1 amide bonds. The topological polar surface area (TPSA) is 29.1 Å². The minimum atomic E-state index is -0.0693. The summed E-state index contributed by atoms with van der Waals surface area (Å²) in [6, 6.07) is 12.2. The van der Waals surface area contributed by atoms with Crippen molar-refractivity contribution in [3.63, 3.8) is 0 Å². The first-order valence-electron chi connectivity index (χ1n) is 6.07. The van der Waals surface area contributed by atoms with Crippen LogP contribution in [-0.4, -0.2) is 12.5 Å². The van der Waals surface area contributed by atoms with Gasteiger partial charge in [0.1, 0.15) is 0 Å². The van der Waals surface area contributed by atoms with Crippen LogP contribution in [-0.2, 0) is 5.41 Å². The Kier molecular flexibility index (Phi) is 4.62. The average Bonchev–Trinajstić information content (AvgIpc) is 2.84. The van der Waals surface area contributed by atoms with Gasteiger partial charge in [0.2, 0.25) is 0 Å². The van der Waals surface area contributed by atoms with Gasteiger partial charge in [0.15, 0.2) is 0 Å². The quantitative estimate of drug-likeness (QED) is 0.791. The summed E-state index contributed by atoms with van der Waals surface area (Å²) in [4.78, 5) is 12.0. The molecule has 0 saturated carbocycles. The van der Waals surface area contributed by atoms with Crippen LogP contribution >= 0.6 is 33.9 Å². The SMILES string of the molecule is CC(C)(CNC(=O)c1csc(I)c1)c1ccccc1. The van der Waals surface area contributed by atoms with Gasteiger partial charge in [0.05, 0.1) is 8.45 Å². The second-order valence-electron chi connectivity index (χ2n) is 5.07. The summed E-state index contributed by atoms with van der Waals surface area (Å²) < 4.78 is 1.13. The van der Waals surface area contributed by atoms with Crippen molar-refractivity contribution in [2.45, 2.75) is 19.3 Å². The second kappa shape index (κ2) is 6.05. The van der Waals surface area contributed by atoms with E-state index in [1.54, 1.807) is 11.3 Å². The summed E-state index contributed by atoms with van der Waals surface area (Å²) >= 11 is 3.81. The molecule has 0 atom stereocenters. The molecule has 0 aliphatic rings. The van der Waals surface area contributed by atoms with Crippen LogP contribution in [0.4, 0.5) is 0 Å². The van der Waals surface area contributed by atoms with E-state index in [0.717, 1.165) is 8.45 Å². The lowest BCUT2D eigenvalue weighted by molar-refractivity contribution is 0.0946. The van der Waals surface area contributed by atoms with E-state index in [1.165, 1.54) is 5.56 Å². The Hall–Kier alpha value is -0.880. The fourth-order valence-electron chi connectivity index (χ4n) is 1.82. The van der Waals surface area contributed by atoms with Gasteiger partial charge in [-0.3, -0.25) is 4.79 Å². The number of hydrogen-bond donors (Lipinski definition) is 1. The third kappa shape index (κ3) is 3.79. The van der Waals surface area contributed by atoms with Gasteiger partial charge in [-0.05, 0) is 34.2 Å². The minimum Gasteiger partial charge on any atom is -0.351 e. The van der Waals surface area contributed by atoms with E-state index < -0.39 is 0 Å². The van der Waals surface area contributed by atoms with Crippen molar-refractivity contribution in [1.29, 1.82) is 0 Å². The highest BCUT2D eigenvalue weighted by atomic mass is 127. The maximum absolute atomic E-state index is 12.0. The zero-order valence-electron chi connectivity index (χ0n) is 10.9. The summed E-state index contributed by atoms with van der Waals surface area (Å²) in [6.07, 6.45) is 0. The number of carbonyl (C=O) groups excluding carboxylic acids is 1. The van der Waals surface area contributed by atoms with Gasteiger partial charge in [0, 0.05) is 17.3 Å². The molecule has 2 nitrogen and oxygen atoms in total. The number of carbonyl (C=O) groups is 1. The molecule has 0 unspecified atom stereocenters. The molecule has 4 heteroatoms. The van der Waals surface area contributed by atoms with E-state index in [1.807, 2.05) is 29.6 Å². The summed E-state index contributed by atoms with van der Waals surface area (Å²) in [6.45, 7) is 4.91. The lowest BCUT2D eigenvalue weighted by atomic mass is 9.84. The van der Waals surface area contributed by atoms with Crippen LogP contribution in [0.1, 0.15) is 29.8 Å². The van der Waals surface area contributed by atoms with E-state index in [-0.39, 0.29) is 11.3 Å². The Morgan fingerprint density at radius 3 is 2.58 bits per heavy atom. The van der Waals surface area contributed by atoms with E-state index in [2.05, 4.69) is 53.9 Å². The number of hydrogen-bond acceptors (Lipinski definition) is 2. The molecule has 19 heavy (non-hydrogen) atoms. The van der Waals surface area contributed by atoms with Crippen LogP contribution in [0.3, 0.4) is 0 Å². The highest BCUT2D eigenvalue weighted by molar-refractivity contribution is 14.1. The maximum atomic E-state index is 12.0. The third-order valence-corrected chi connectivity index (χ3v) is 4.86. The Labute approximate surface area is 131 Å². The largest absolute Gasteiger partial charge is 0.351 e. The highest BCUT2D eigenvalue weighted by Crippen LogP contribution is 2.22. The van der Waals surface area contributed by atoms with E-state index in [0.29, 0.717) is 6.54 Å². The monoisotopic (exact) mass is 385 g/mol. The first kappa shape index (κ1) is 14.5. The zero-order chi connectivity index (χ0) is 13.9. The van der Waals surface area contributed by atoms with Crippen LogP contribution in [0, 0.1) is 2.88 Å². The second-order valence-corrected chi connectivity index (χ2v) is 7.88. The summed E-state index contributed by atoms with van der Waals surface area (Å²) in [5.74, 6) is 0.00294.